The van der Waals surface area contributed by atoms with Crippen molar-refractivity contribution in [3.63, 3.8) is 0 Å². The Morgan fingerprint density at radius 3 is 0.829 bits per heavy atom. The third-order valence-electron chi connectivity index (χ3n) is 13.7. The van der Waals surface area contributed by atoms with Crippen molar-refractivity contribution in [2.24, 2.45) is 0 Å². The molecule has 0 unspecified atom stereocenters. The van der Waals surface area contributed by atoms with Crippen molar-refractivity contribution < 1.29 is 0 Å². The first-order valence-corrected chi connectivity index (χ1v) is 24.0. The van der Waals surface area contributed by atoms with Gasteiger partial charge in [-0.15, -0.1) is 0 Å². The summed E-state index contributed by atoms with van der Waals surface area (Å²) < 4.78 is 4.87. The van der Waals surface area contributed by atoms with Crippen LogP contribution in [0.4, 0.5) is 34.1 Å². The highest BCUT2D eigenvalue weighted by Crippen LogP contribution is 2.43. The summed E-state index contributed by atoms with van der Waals surface area (Å²) in [6.45, 7) is 4.55. The van der Waals surface area contributed by atoms with Crippen molar-refractivity contribution in [2.75, 3.05) is 9.80 Å². The standard InChI is InChI=1S/C66H50N4/c1-47-61-45-51(33-43-63(61)69(65(47)49-21-9-3-10-22-49)59-39-35-57(36-40-59)67(53-25-13-5-14-26-53)54-27-15-6-16-28-54)52-34-44-64-62(46-52)48(2)66(50-23-11-4-12-24-50)70(64)60-41-37-58(38-42-60)68(55-29-17-7-18-30-55)56-31-19-8-20-32-56/h3-46H,1-2H3. The molecule has 2 heterocycles. The number of fused-ring (bicyclic) bond motifs is 2. The second-order valence-electron chi connectivity index (χ2n) is 17.9. The first-order chi connectivity index (χ1) is 34.6. The molecule has 10 aromatic carbocycles. The molecule has 0 aliphatic carbocycles. The van der Waals surface area contributed by atoms with E-state index in [0.29, 0.717) is 0 Å². The lowest BCUT2D eigenvalue weighted by molar-refractivity contribution is 1.12. The zero-order chi connectivity index (χ0) is 47.0. The molecule has 0 atom stereocenters. The molecule has 12 rings (SSSR count). The lowest BCUT2D eigenvalue weighted by atomic mass is 9.99. The fourth-order valence-electron chi connectivity index (χ4n) is 10.4. The predicted octanol–water partition coefficient (Wildman–Crippen LogP) is 18.1. The van der Waals surface area contributed by atoms with E-state index in [9.17, 15) is 0 Å². The first-order valence-electron chi connectivity index (χ1n) is 24.0. The molecular formula is C66H50N4. The molecule has 0 aliphatic heterocycles. The largest absolute Gasteiger partial charge is 0.311 e. The summed E-state index contributed by atoms with van der Waals surface area (Å²) in [6.07, 6.45) is 0. The molecule has 0 amide bonds. The lowest BCUT2D eigenvalue weighted by Crippen LogP contribution is -2.09. The number of hydrogen-bond donors (Lipinski definition) is 0. The molecular weight excluding hydrogens is 849 g/mol. The van der Waals surface area contributed by atoms with Gasteiger partial charge in [-0.3, -0.25) is 0 Å². The van der Waals surface area contributed by atoms with Gasteiger partial charge < -0.3 is 18.9 Å². The number of anilines is 6. The van der Waals surface area contributed by atoms with Crippen molar-refractivity contribution in [1.82, 2.24) is 9.13 Å². The minimum absolute atomic E-state index is 1.10. The Morgan fingerprint density at radius 2 is 0.529 bits per heavy atom. The average molecular weight is 899 g/mol. The zero-order valence-electron chi connectivity index (χ0n) is 39.2. The van der Waals surface area contributed by atoms with Crippen LogP contribution in [0.5, 0.6) is 0 Å². The summed E-state index contributed by atoms with van der Waals surface area (Å²) in [6, 6.07) is 96.0. The molecule has 0 spiro atoms. The molecule has 4 heteroatoms. The Kier molecular flexibility index (Phi) is 11.0. The van der Waals surface area contributed by atoms with Gasteiger partial charge >= 0.3 is 0 Å². The number of aromatic nitrogens is 2. The monoisotopic (exact) mass is 898 g/mol. The van der Waals surface area contributed by atoms with Gasteiger partial charge in [0, 0.05) is 56.3 Å². The van der Waals surface area contributed by atoms with Crippen molar-refractivity contribution in [3.8, 4) is 45.0 Å². The predicted molar refractivity (Wildman–Crippen MR) is 295 cm³/mol. The summed E-state index contributed by atoms with van der Waals surface area (Å²) >= 11 is 0. The molecule has 334 valence electrons. The van der Waals surface area contributed by atoms with Crippen LogP contribution >= 0.6 is 0 Å². The summed E-state index contributed by atoms with van der Waals surface area (Å²) in [7, 11) is 0. The van der Waals surface area contributed by atoms with Gasteiger partial charge in [-0.2, -0.15) is 0 Å². The third-order valence-corrected chi connectivity index (χ3v) is 13.7. The van der Waals surface area contributed by atoms with Crippen LogP contribution in [0.3, 0.4) is 0 Å². The van der Waals surface area contributed by atoms with Crippen molar-refractivity contribution in [2.45, 2.75) is 13.8 Å². The average Bonchev–Trinajstić information content (AvgIpc) is 3.90. The Balaban J connectivity index is 0.956. The molecule has 0 radical (unpaired) electrons. The van der Waals surface area contributed by atoms with E-state index in [1.165, 1.54) is 66.6 Å². The van der Waals surface area contributed by atoms with Crippen LogP contribution in [0.25, 0.3) is 66.8 Å². The summed E-state index contributed by atoms with van der Waals surface area (Å²) in [5, 5.41) is 2.46. The molecule has 12 aromatic rings. The second kappa shape index (κ2) is 18.2. The first kappa shape index (κ1) is 42.2. The van der Waals surface area contributed by atoms with Gasteiger partial charge in [-0.1, -0.05) is 146 Å². The molecule has 0 saturated heterocycles. The Hall–Kier alpha value is -9.12. The van der Waals surface area contributed by atoms with E-state index >= 15 is 0 Å². The van der Waals surface area contributed by atoms with Gasteiger partial charge in [0.15, 0.2) is 0 Å². The van der Waals surface area contributed by atoms with Gasteiger partial charge in [0.25, 0.3) is 0 Å². The topological polar surface area (TPSA) is 16.3 Å². The summed E-state index contributed by atoms with van der Waals surface area (Å²) in [5.74, 6) is 0. The van der Waals surface area contributed by atoms with Crippen LogP contribution in [0.1, 0.15) is 11.1 Å². The van der Waals surface area contributed by atoms with Crippen molar-refractivity contribution >= 4 is 55.9 Å². The van der Waals surface area contributed by atoms with Crippen molar-refractivity contribution in [1.29, 1.82) is 0 Å². The molecule has 0 aliphatic rings. The van der Waals surface area contributed by atoms with Gasteiger partial charge in [0.05, 0.1) is 22.4 Å². The fraction of sp³-hybridized carbons (Fsp3) is 0.0303. The quantitative estimate of drug-likeness (QED) is 0.129. The molecule has 0 bridgehead atoms. The number of aryl methyl sites for hydroxylation is 2. The second-order valence-corrected chi connectivity index (χ2v) is 17.9. The van der Waals surface area contributed by atoms with Crippen LogP contribution in [0, 0.1) is 13.8 Å². The summed E-state index contributed by atoms with van der Waals surface area (Å²) in [4.78, 5) is 4.62. The zero-order valence-corrected chi connectivity index (χ0v) is 39.2. The molecule has 0 fully saturated rings. The van der Waals surface area contributed by atoms with E-state index in [4.69, 9.17) is 0 Å². The SMILES string of the molecule is Cc1c(-c2ccccc2)n(-c2ccc(N(c3ccccc3)c3ccccc3)cc2)c2ccc(-c3ccc4c(c3)c(C)c(-c3ccccc3)n4-c3ccc(N(c4ccccc4)c4ccccc4)cc3)cc12. The normalized spacial score (nSPS) is 11.3. The van der Waals surface area contributed by atoms with E-state index in [0.717, 1.165) is 45.5 Å². The van der Waals surface area contributed by atoms with Crippen LogP contribution in [0.15, 0.2) is 267 Å². The van der Waals surface area contributed by atoms with Crippen LogP contribution in [-0.2, 0) is 0 Å². The highest BCUT2D eigenvalue weighted by Gasteiger charge is 2.22. The van der Waals surface area contributed by atoms with Crippen LogP contribution in [-0.4, -0.2) is 9.13 Å². The number of rotatable bonds is 11. The van der Waals surface area contributed by atoms with Gasteiger partial charge in [0.2, 0.25) is 0 Å². The Bertz CT molecular complexity index is 3400. The lowest BCUT2D eigenvalue weighted by Gasteiger charge is -2.25. The highest BCUT2D eigenvalue weighted by atomic mass is 15.1. The number of para-hydroxylation sites is 4. The summed E-state index contributed by atoms with van der Waals surface area (Å²) in [5.41, 5.74) is 20.9. The van der Waals surface area contributed by atoms with Crippen LogP contribution < -0.4 is 9.80 Å². The maximum absolute atomic E-state index is 2.44. The number of benzene rings is 10. The van der Waals surface area contributed by atoms with Crippen LogP contribution in [0.2, 0.25) is 0 Å². The van der Waals surface area contributed by atoms with Crippen molar-refractivity contribution in [3.05, 3.63) is 278 Å². The maximum Gasteiger partial charge on any atom is 0.0570 e. The van der Waals surface area contributed by atoms with Gasteiger partial charge in [-0.25, -0.2) is 0 Å². The molecule has 0 saturated carbocycles. The minimum Gasteiger partial charge on any atom is -0.311 e. The maximum atomic E-state index is 2.44. The fourth-order valence-corrected chi connectivity index (χ4v) is 10.4. The van der Waals surface area contributed by atoms with E-state index in [2.05, 4.69) is 300 Å². The van der Waals surface area contributed by atoms with Gasteiger partial charge in [0.1, 0.15) is 0 Å². The van der Waals surface area contributed by atoms with E-state index in [-0.39, 0.29) is 0 Å². The smallest absolute Gasteiger partial charge is 0.0570 e. The Morgan fingerprint density at radius 1 is 0.257 bits per heavy atom. The van der Waals surface area contributed by atoms with E-state index in [1.54, 1.807) is 0 Å². The van der Waals surface area contributed by atoms with E-state index in [1.807, 2.05) is 0 Å². The molecule has 70 heavy (non-hydrogen) atoms. The number of hydrogen-bond acceptors (Lipinski definition) is 2. The van der Waals surface area contributed by atoms with E-state index < -0.39 is 0 Å². The molecule has 0 N–H and O–H groups in total. The number of nitrogens with zero attached hydrogens (tertiary/aromatic N) is 4. The van der Waals surface area contributed by atoms with Gasteiger partial charge in [-0.05, 0) is 169 Å². The molecule has 4 nitrogen and oxygen atoms in total. The Labute approximate surface area is 409 Å². The minimum atomic E-state index is 1.10. The highest BCUT2D eigenvalue weighted by molar-refractivity contribution is 5.99. The third kappa shape index (κ3) is 7.62. The molecule has 2 aromatic heterocycles.